The van der Waals surface area contributed by atoms with E-state index in [1.54, 1.807) is 6.92 Å². The summed E-state index contributed by atoms with van der Waals surface area (Å²) in [5.41, 5.74) is 3.63. The summed E-state index contributed by atoms with van der Waals surface area (Å²) >= 11 is 0. The van der Waals surface area contributed by atoms with Crippen LogP contribution in [0.15, 0.2) is 36.7 Å². The first-order valence-electron chi connectivity index (χ1n) is 13.4. The van der Waals surface area contributed by atoms with E-state index in [2.05, 4.69) is 62.4 Å². The highest BCUT2D eigenvalue weighted by Gasteiger charge is 2.39. The third kappa shape index (κ3) is 6.62. The van der Waals surface area contributed by atoms with Crippen LogP contribution >= 0.6 is 0 Å². The Morgan fingerprint density at radius 2 is 1.97 bits per heavy atom. The number of pyridine rings is 1. The molecule has 208 valence electrons. The standard InChI is InChI=1S/C28H42N4O5Si/c1-19(33)18-34-12-13-35-20(2)21-14-22(17-29-16-21)26-24-15-23(37-38(6,7)28(3,4)5)8-9-25(24)32(31-26)27-30-10-11-36-27/h8-9,14-17,19-20,27,30,33H,10-13,18H2,1-7H3/t19-,20+,27?/m1/s1. The van der Waals surface area contributed by atoms with Gasteiger partial charge in [-0.1, -0.05) is 20.8 Å². The lowest BCUT2D eigenvalue weighted by Crippen LogP contribution is -2.43. The predicted molar refractivity (Wildman–Crippen MR) is 151 cm³/mol. The summed E-state index contributed by atoms with van der Waals surface area (Å²) in [7, 11) is -2.02. The third-order valence-electron chi connectivity index (χ3n) is 7.23. The van der Waals surface area contributed by atoms with Gasteiger partial charge in [-0.3, -0.25) is 10.3 Å². The van der Waals surface area contributed by atoms with E-state index < -0.39 is 14.4 Å². The zero-order valence-electron chi connectivity index (χ0n) is 23.7. The van der Waals surface area contributed by atoms with Crippen LogP contribution in [0.2, 0.25) is 18.1 Å². The fourth-order valence-corrected chi connectivity index (χ4v) is 5.06. The van der Waals surface area contributed by atoms with Crippen molar-refractivity contribution in [2.75, 3.05) is 33.0 Å². The first-order chi connectivity index (χ1) is 18.0. The summed E-state index contributed by atoms with van der Waals surface area (Å²) < 4.78 is 25.8. The maximum atomic E-state index is 9.33. The van der Waals surface area contributed by atoms with Gasteiger partial charge in [0.15, 0.2) is 0 Å². The Balaban J connectivity index is 1.64. The Bertz CT molecular complexity index is 1220. The maximum absolute atomic E-state index is 9.33. The number of hydrogen-bond donors (Lipinski definition) is 2. The fraction of sp³-hybridized carbons (Fsp3) is 0.571. The lowest BCUT2D eigenvalue weighted by atomic mass is 10.1. The van der Waals surface area contributed by atoms with Gasteiger partial charge in [0.1, 0.15) is 11.4 Å². The molecular formula is C28H42N4O5Si. The van der Waals surface area contributed by atoms with E-state index in [0.717, 1.165) is 40.0 Å². The molecule has 1 aliphatic heterocycles. The van der Waals surface area contributed by atoms with E-state index >= 15 is 0 Å². The molecule has 0 saturated carbocycles. The highest BCUT2D eigenvalue weighted by Crippen LogP contribution is 2.39. The van der Waals surface area contributed by atoms with Gasteiger partial charge >= 0.3 is 0 Å². The van der Waals surface area contributed by atoms with Crippen LogP contribution in [0.25, 0.3) is 22.2 Å². The second kappa shape index (κ2) is 11.8. The predicted octanol–water partition coefficient (Wildman–Crippen LogP) is 5.03. The number of nitrogens with one attached hydrogen (secondary N) is 1. The topological polar surface area (TPSA) is 99.9 Å². The van der Waals surface area contributed by atoms with E-state index in [1.165, 1.54) is 0 Å². The van der Waals surface area contributed by atoms with Crippen LogP contribution in [0.5, 0.6) is 5.75 Å². The largest absolute Gasteiger partial charge is 0.543 e. The molecule has 1 aromatic carbocycles. The molecule has 1 aliphatic rings. The molecule has 38 heavy (non-hydrogen) atoms. The van der Waals surface area contributed by atoms with E-state index in [-0.39, 0.29) is 17.5 Å². The first-order valence-corrected chi connectivity index (χ1v) is 16.3. The van der Waals surface area contributed by atoms with Crippen molar-refractivity contribution in [2.24, 2.45) is 0 Å². The molecule has 0 aliphatic carbocycles. The number of fused-ring (bicyclic) bond motifs is 1. The molecule has 0 radical (unpaired) electrons. The minimum absolute atomic E-state index is 0.0896. The van der Waals surface area contributed by atoms with Crippen molar-refractivity contribution in [1.82, 2.24) is 20.1 Å². The van der Waals surface area contributed by atoms with E-state index in [0.29, 0.717) is 26.4 Å². The number of ether oxygens (including phenoxy) is 3. The van der Waals surface area contributed by atoms with Gasteiger partial charge in [-0.2, -0.15) is 5.10 Å². The number of aliphatic hydroxyl groups is 1. The van der Waals surface area contributed by atoms with E-state index in [9.17, 15) is 5.11 Å². The Morgan fingerprint density at radius 1 is 1.18 bits per heavy atom. The molecule has 1 fully saturated rings. The number of aliphatic hydroxyl groups excluding tert-OH is 1. The van der Waals surface area contributed by atoms with Crippen molar-refractivity contribution in [3.05, 3.63) is 42.2 Å². The Hall–Kier alpha value is -2.34. The average molecular weight is 543 g/mol. The highest BCUT2D eigenvalue weighted by molar-refractivity contribution is 6.74. The van der Waals surface area contributed by atoms with Crippen LogP contribution in [0, 0.1) is 0 Å². The molecule has 1 unspecified atom stereocenters. The quantitative estimate of drug-likeness (QED) is 0.257. The normalized spacial score (nSPS) is 18.2. The van der Waals surface area contributed by atoms with Gasteiger partial charge < -0.3 is 23.7 Å². The number of aromatic nitrogens is 3. The van der Waals surface area contributed by atoms with Crippen LogP contribution in [-0.2, 0) is 14.2 Å². The molecule has 4 rings (SSSR count). The van der Waals surface area contributed by atoms with Gasteiger partial charge in [-0.05, 0) is 61.8 Å². The minimum Gasteiger partial charge on any atom is -0.543 e. The molecule has 3 aromatic rings. The number of nitrogens with zero attached hydrogens (tertiary/aromatic N) is 3. The monoisotopic (exact) mass is 542 g/mol. The van der Waals surface area contributed by atoms with Gasteiger partial charge in [0, 0.05) is 29.9 Å². The molecule has 3 heterocycles. The Kier molecular flexibility index (Phi) is 8.91. The van der Waals surface area contributed by atoms with Crippen molar-refractivity contribution in [1.29, 1.82) is 0 Å². The van der Waals surface area contributed by atoms with Crippen LogP contribution in [0.3, 0.4) is 0 Å². The molecule has 2 N–H and O–H groups in total. The molecule has 1 saturated heterocycles. The molecule has 0 bridgehead atoms. The summed E-state index contributed by atoms with van der Waals surface area (Å²) in [6.07, 6.45) is 2.66. The summed E-state index contributed by atoms with van der Waals surface area (Å²) in [6.45, 7) is 17.5. The van der Waals surface area contributed by atoms with Crippen LogP contribution in [0.4, 0.5) is 0 Å². The highest BCUT2D eigenvalue weighted by atomic mass is 28.4. The second-order valence-corrected chi connectivity index (χ2v) is 16.2. The van der Waals surface area contributed by atoms with Gasteiger partial charge in [-0.15, -0.1) is 0 Å². The molecule has 0 amide bonds. The van der Waals surface area contributed by atoms with Crippen molar-refractivity contribution < 1.29 is 23.7 Å². The molecular weight excluding hydrogens is 500 g/mol. The summed E-state index contributed by atoms with van der Waals surface area (Å²) in [5.74, 6) is 0.850. The fourth-order valence-electron chi connectivity index (χ4n) is 4.04. The molecule has 3 atom stereocenters. The zero-order chi connectivity index (χ0) is 27.5. The Morgan fingerprint density at radius 3 is 2.66 bits per heavy atom. The molecule has 10 heteroatoms. The minimum atomic E-state index is -2.02. The SMILES string of the molecule is C[C@H](OCCOC[C@@H](C)O)c1cncc(-c2nn(C3NCCO3)c3ccc(O[Si](C)(C)C(C)(C)C)cc23)c1. The molecule has 0 spiro atoms. The zero-order valence-corrected chi connectivity index (χ0v) is 24.7. The second-order valence-electron chi connectivity index (χ2n) is 11.5. The van der Waals surface area contributed by atoms with Gasteiger partial charge in [0.25, 0.3) is 0 Å². The summed E-state index contributed by atoms with van der Waals surface area (Å²) in [4.78, 5) is 4.51. The van der Waals surface area contributed by atoms with Crippen LogP contribution in [-0.4, -0.2) is 67.3 Å². The summed E-state index contributed by atoms with van der Waals surface area (Å²) in [6, 6.07) is 8.26. The first kappa shape index (κ1) is 28.7. The van der Waals surface area contributed by atoms with Crippen molar-refractivity contribution >= 4 is 19.2 Å². The number of rotatable bonds is 11. The maximum Gasteiger partial charge on any atom is 0.250 e. The van der Waals surface area contributed by atoms with Crippen LogP contribution in [0.1, 0.15) is 52.6 Å². The van der Waals surface area contributed by atoms with Gasteiger partial charge in [-0.25, -0.2) is 4.68 Å². The number of hydrogen-bond acceptors (Lipinski definition) is 8. The van der Waals surface area contributed by atoms with E-state index in [4.69, 9.17) is 23.7 Å². The molecule has 2 aromatic heterocycles. The average Bonchev–Trinajstić information content (AvgIpc) is 3.50. The Labute approximate surface area is 226 Å². The molecule has 9 nitrogen and oxygen atoms in total. The van der Waals surface area contributed by atoms with Crippen LogP contribution < -0.4 is 9.74 Å². The van der Waals surface area contributed by atoms with Gasteiger partial charge in [0.2, 0.25) is 14.7 Å². The lowest BCUT2D eigenvalue weighted by molar-refractivity contribution is -0.0115. The smallest absolute Gasteiger partial charge is 0.250 e. The van der Waals surface area contributed by atoms with Crippen molar-refractivity contribution in [3.8, 4) is 17.0 Å². The lowest BCUT2D eigenvalue weighted by Gasteiger charge is -2.36. The van der Waals surface area contributed by atoms with E-state index in [1.807, 2.05) is 30.1 Å². The van der Waals surface area contributed by atoms with Crippen molar-refractivity contribution in [3.63, 3.8) is 0 Å². The summed E-state index contributed by atoms with van der Waals surface area (Å²) in [5, 5.41) is 18.8. The third-order valence-corrected chi connectivity index (χ3v) is 11.6. The number of benzene rings is 1. The van der Waals surface area contributed by atoms with Crippen molar-refractivity contribution in [2.45, 2.75) is 71.3 Å². The van der Waals surface area contributed by atoms with Gasteiger partial charge in [0.05, 0.1) is 44.2 Å².